The van der Waals surface area contributed by atoms with Gasteiger partial charge in [0.2, 0.25) is 5.13 Å². The third-order valence-corrected chi connectivity index (χ3v) is 4.94. The Bertz CT molecular complexity index is 1090. The molecule has 0 spiro atoms. The summed E-state index contributed by atoms with van der Waals surface area (Å²) in [5.41, 5.74) is 8.75. The molecule has 0 saturated heterocycles. The summed E-state index contributed by atoms with van der Waals surface area (Å²) in [7, 11) is 0. The minimum absolute atomic E-state index is 0.673. The molecule has 0 bridgehead atoms. The molecule has 4 rings (SSSR count). The molecule has 0 saturated carbocycles. The topological polar surface area (TPSA) is 66.0 Å². The van der Waals surface area contributed by atoms with Gasteiger partial charge in [0.15, 0.2) is 5.82 Å². The van der Waals surface area contributed by atoms with Crippen LogP contribution in [0.1, 0.15) is 18.3 Å². The van der Waals surface area contributed by atoms with Crippen molar-refractivity contribution >= 4 is 44.8 Å². The number of aromatic amines is 1. The molecule has 0 amide bonds. The highest BCUT2D eigenvalue weighted by Crippen LogP contribution is 2.25. The lowest BCUT2D eigenvalue weighted by molar-refractivity contribution is 1.22. The number of nitrogens with one attached hydrogen (secondary N) is 2. The smallest absolute Gasteiger partial charge is 0.203 e. The van der Waals surface area contributed by atoms with Gasteiger partial charge in [0.25, 0.3) is 0 Å². The molecule has 0 aliphatic rings. The lowest BCUT2D eigenvalue weighted by Crippen LogP contribution is -2.01. The third kappa shape index (κ3) is 3.47. The molecule has 0 atom stereocenters. The highest BCUT2D eigenvalue weighted by Gasteiger charge is 2.07. The second kappa shape index (κ2) is 6.90. The molecule has 5 nitrogen and oxygen atoms in total. The zero-order valence-electron chi connectivity index (χ0n) is 14.2. The number of nitrogens with zero attached hydrogens (tertiary/aromatic N) is 3. The summed E-state index contributed by atoms with van der Waals surface area (Å²) < 4.78 is 0. The fourth-order valence-electron chi connectivity index (χ4n) is 2.52. The molecule has 26 heavy (non-hydrogen) atoms. The van der Waals surface area contributed by atoms with Crippen LogP contribution in [0, 0.1) is 6.92 Å². The number of benzene rings is 2. The minimum atomic E-state index is 0.673. The van der Waals surface area contributed by atoms with E-state index in [1.54, 1.807) is 0 Å². The van der Waals surface area contributed by atoms with Gasteiger partial charge in [-0.25, -0.2) is 9.97 Å². The van der Waals surface area contributed by atoms with Crippen molar-refractivity contribution in [3.05, 3.63) is 64.3 Å². The number of aromatic nitrogens is 3. The lowest BCUT2D eigenvalue weighted by atomic mass is 10.1. The van der Waals surface area contributed by atoms with Crippen molar-refractivity contribution in [2.45, 2.75) is 13.8 Å². The molecule has 130 valence electrons. The molecule has 2 heterocycles. The van der Waals surface area contributed by atoms with Crippen LogP contribution < -0.4 is 5.43 Å². The zero-order chi connectivity index (χ0) is 18.1. The number of thiazole rings is 1. The standard InChI is InChI=1S/C19H16ClN5S/c1-11-3-5-13(6-4-11)17-10-26-19(23-17)25-24-12(2)18-21-15-8-7-14(20)9-16(15)22-18/h3-10H,1-2H3,(H,21,22)(H,23,25)/b24-12+. The molecular weight excluding hydrogens is 366 g/mol. The van der Waals surface area contributed by atoms with E-state index >= 15 is 0 Å². The average Bonchev–Trinajstić information content (AvgIpc) is 3.27. The van der Waals surface area contributed by atoms with Crippen LogP contribution in [0.4, 0.5) is 5.13 Å². The normalized spacial score (nSPS) is 11.9. The first-order valence-electron chi connectivity index (χ1n) is 8.07. The first-order chi connectivity index (χ1) is 12.6. The summed E-state index contributed by atoms with van der Waals surface area (Å²) in [6, 6.07) is 13.9. The van der Waals surface area contributed by atoms with E-state index in [2.05, 4.69) is 56.7 Å². The molecule has 0 unspecified atom stereocenters. The molecule has 0 fully saturated rings. The summed E-state index contributed by atoms with van der Waals surface area (Å²) >= 11 is 7.53. The van der Waals surface area contributed by atoms with Crippen LogP contribution in [0.15, 0.2) is 52.9 Å². The largest absolute Gasteiger partial charge is 0.337 e. The van der Waals surface area contributed by atoms with Gasteiger partial charge < -0.3 is 4.98 Å². The van der Waals surface area contributed by atoms with Gasteiger partial charge in [-0.05, 0) is 32.0 Å². The van der Waals surface area contributed by atoms with E-state index in [0.29, 0.717) is 10.8 Å². The Morgan fingerprint density at radius 1 is 1.15 bits per heavy atom. The summed E-state index contributed by atoms with van der Waals surface area (Å²) in [6.45, 7) is 3.96. The number of fused-ring (bicyclic) bond motifs is 1. The minimum Gasteiger partial charge on any atom is -0.337 e. The predicted molar refractivity (Wildman–Crippen MR) is 109 cm³/mol. The lowest BCUT2D eigenvalue weighted by Gasteiger charge is -1.98. The van der Waals surface area contributed by atoms with Crippen LogP contribution in [0.25, 0.3) is 22.3 Å². The number of hydrogen-bond donors (Lipinski definition) is 2. The van der Waals surface area contributed by atoms with Gasteiger partial charge in [-0.2, -0.15) is 5.10 Å². The van der Waals surface area contributed by atoms with Crippen molar-refractivity contribution < 1.29 is 0 Å². The molecule has 0 aliphatic heterocycles. The second-order valence-electron chi connectivity index (χ2n) is 5.96. The molecule has 7 heteroatoms. The Kier molecular flexibility index (Phi) is 4.44. The van der Waals surface area contributed by atoms with Crippen molar-refractivity contribution in [2.24, 2.45) is 5.10 Å². The molecule has 2 aromatic heterocycles. The van der Waals surface area contributed by atoms with Crippen molar-refractivity contribution in [3.8, 4) is 11.3 Å². The summed E-state index contributed by atoms with van der Waals surface area (Å²) in [5, 5.41) is 7.81. The summed E-state index contributed by atoms with van der Waals surface area (Å²) in [6.07, 6.45) is 0. The zero-order valence-corrected chi connectivity index (χ0v) is 15.8. The van der Waals surface area contributed by atoms with Crippen LogP contribution in [0.5, 0.6) is 0 Å². The molecule has 0 aliphatic carbocycles. The molecule has 2 N–H and O–H groups in total. The number of imidazole rings is 1. The number of aryl methyl sites for hydroxylation is 1. The van der Waals surface area contributed by atoms with Crippen LogP contribution in [-0.2, 0) is 0 Å². The third-order valence-electron chi connectivity index (χ3n) is 3.96. The van der Waals surface area contributed by atoms with Gasteiger partial charge in [-0.1, -0.05) is 41.4 Å². The molecular formula is C19H16ClN5S. The van der Waals surface area contributed by atoms with Crippen LogP contribution in [0.2, 0.25) is 5.02 Å². The van der Waals surface area contributed by atoms with E-state index in [-0.39, 0.29) is 0 Å². The maximum absolute atomic E-state index is 6.01. The molecule has 2 aromatic carbocycles. The SMILES string of the molecule is C/C(=N\Nc1nc(-c2ccc(C)cc2)cs1)c1nc2ccc(Cl)cc2[nH]1. The second-order valence-corrected chi connectivity index (χ2v) is 7.25. The van der Waals surface area contributed by atoms with Crippen LogP contribution in [-0.4, -0.2) is 20.7 Å². The number of hydrogen-bond acceptors (Lipinski definition) is 5. The van der Waals surface area contributed by atoms with E-state index in [1.807, 2.05) is 30.5 Å². The molecule has 0 radical (unpaired) electrons. The van der Waals surface area contributed by atoms with Gasteiger partial charge in [-0.15, -0.1) is 11.3 Å². The van der Waals surface area contributed by atoms with Crippen molar-refractivity contribution in [1.82, 2.24) is 15.0 Å². The Morgan fingerprint density at radius 3 is 2.77 bits per heavy atom. The van der Waals surface area contributed by atoms with E-state index < -0.39 is 0 Å². The highest BCUT2D eigenvalue weighted by molar-refractivity contribution is 7.14. The van der Waals surface area contributed by atoms with Crippen LogP contribution in [0.3, 0.4) is 0 Å². The highest BCUT2D eigenvalue weighted by atomic mass is 35.5. The summed E-state index contributed by atoms with van der Waals surface area (Å²) in [5.74, 6) is 0.699. The first-order valence-corrected chi connectivity index (χ1v) is 9.33. The number of rotatable bonds is 4. The van der Waals surface area contributed by atoms with Gasteiger partial charge in [-0.3, -0.25) is 5.43 Å². The van der Waals surface area contributed by atoms with E-state index in [0.717, 1.165) is 33.1 Å². The quantitative estimate of drug-likeness (QED) is 0.363. The fourth-order valence-corrected chi connectivity index (χ4v) is 3.35. The van der Waals surface area contributed by atoms with Crippen molar-refractivity contribution in [2.75, 3.05) is 5.43 Å². The van der Waals surface area contributed by atoms with Gasteiger partial charge in [0.05, 0.1) is 16.7 Å². The van der Waals surface area contributed by atoms with Crippen molar-refractivity contribution in [1.29, 1.82) is 0 Å². The van der Waals surface area contributed by atoms with E-state index in [9.17, 15) is 0 Å². The number of H-pyrrole nitrogens is 1. The van der Waals surface area contributed by atoms with E-state index in [4.69, 9.17) is 11.6 Å². The van der Waals surface area contributed by atoms with Gasteiger partial charge >= 0.3 is 0 Å². The number of halogens is 1. The maximum Gasteiger partial charge on any atom is 0.203 e. The Labute approximate surface area is 159 Å². The Balaban J connectivity index is 1.52. The maximum atomic E-state index is 6.01. The van der Waals surface area contributed by atoms with E-state index in [1.165, 1.54) is 16.9 Å². The first kappa shape index (κ1) is 16.8. The number of anilines is 1. The predicted octanol–water partition coefficient (Wildman–Crippen LogP) is 5.48. The average molecular weight is 382 g/mol. The van der Waals surface area contributed by atoms with Gasteiger partial charge in [0, 0.05) is 16.0 Å². The fraction of sp³-hybridized carbons (Fsp3) is 0.105. The van der Waals surface area contributed by atoms with Crippen LogP contribution >= 0.6 is 22.9 Å². The monoisotopic (exact) mass is 381 g/mol. The Hall–Kier alpha value is -2.70. The summed E-state index contributed by atoms with van der Waals surface area (Å²) in [4.78, 5) is 12.3. The van der Waals surface area contributed by atoms with Gasteiger partial charge in [0.1, 0.15) is 5.71 Å². The number of hydrazone groups is 1. The van der Waals surface area contributed by atoms with Crippen molar-refractivity contribution in [3.63, 3.8) is 0 Å². The molecule has 4 aromatic rings. The Morgan fingerprint density at radius 2 is 1.96 bits per heavy atom.